The lowest BCUT2D eigenvalue weighted by molar-refractivity contribution is -0.161. The summed E-state index contributed by atoms with van der Waals surface area (Å²) in [6.07, 6.45) is 54.4. The van der Waals surface area contributed by atoms with E-state index in [2.05, 4.69) is 58.9 Å². The molecular formula is C71H134O17P2. The van der Waals surface area contributed by atoms with E-state index in [1.54, 1.807) is 0 Å². The van der Waals surface area contributed by atoms with Gasteiger partial charge in [0.25, 0.3) is 0 Å². The summed E-state index contributed by atoms with van der Waals surface area (Å²) in [6, 6.07) is 0. The average Bonchev–Trinajstić information content (AvgIpc) is 3.68. The Kier molecular flexibility index (Phi) is 62.2. The highest BCUT2D eigenvalue weighted by molar-refractivity contribution is 7.47. The van der Waals surface area contributed by atoms with Gasteiger partial charge in [-0.2, -0.15) is 0 Å². The van der Waals surface area contributed by atoms with E-state index < -0.39 is 97.5 Å². The summed E-state index contributed by atoms with van der Waals surface area (Å²) in [5.41, 5.74) is 0. The van der Waals surface area contributed by atoms with Gasteiger partial charge in [-0.25, -0.2) is 9.13 Å². The minimum atomic E-state index is -4.96. The van der Waals surface area contributed by atoms with Gasteiger partial charge in [0.1, 0.15) is 19.3 Å². The number of hydrogen-bond donors (Lipinski definition) is 3. The van der Waals surface area contributed by atoms with Crippen LogP contribution in [0.4, 0.5) is 0 Å². The molecule has 530 valence electrons. The molecule has 0 saturated carbocycles. The van der Waals surface area contributed by atoms with E-state index in [9.17, 15) is 43.2 Å². The van der Waals surface area contributed by atoms with E-state index in [0.717, 1.165) is 116 Å². The maximum Gasteiger partial charge on any atom is 0.472 e. The smallest absolute Gasteiger partial charge is 0.462 e. The van der Waals surface area contributed by atoms with Gasteiger partial charge in [-0.3, -0.25) is 37.3 Å². The molecule has 0 aromatic rings. The number of aliphatic hydroxyl groups is 1. The maximum absolute atomic E-state index is 13.0. The summed E-state index contributed by atoms with van der Waals surface area (Å²) in [7, 11) is -9.90. The molecule has 0 spiro atoms. The summed E-state index contributed by atoms with van der Waals surface area (Å²) in [5.74, 6) is -1.50. The number of allylic oxidation sites excluding steroid dienone is 4. The van der Waals surface area contributed by atoms with E-state index in [-0.39, 0.29) is 25.7 Å². The summed E-state index contributed by atoms with van der Waals surface area (Å²) in [5, 5.41) is 10.5. The van der Waals surface area contributed by atoms with Gasteiger partial charge in [-0.15, -0.1) is 0 Å². The number of hydrogen-bond acceptors (Lipinski definition) is 15. The molecule has 0 amide bonds. The molecular weight excluding hydrogens is 1190 g/mol. The van der Waals surface area contributed by atoms with Crippen LogP contribution in [0.2, 0.25) is 0 Å². The fraction of sp³-hybridized carbons (Fsp3) is 0.887. The lowest BCUT2D eigenvalue weighted by Gasteiger charge is -2.21. The van der Waals surface area contributed by atoms with Crippen molar-refractivity contribution in [1.82, 2.24) is 0 Å². The predicted octanol–water partition coefficient (Wildman–Crippen LogP) is 20.1. The van der Waals surface area contributed by atoms with E-state index in [1.807, 2.05) is 0 Å². The van der Waals surface area contributed by atoms with E-state index in [1.165, 1.54) is 141 Å². The Morgan fingerprint density at radius 1 is 0.344 bits per heavy atom. The summed E-state index contributed by atoms with van der Waals surface area (Å²) in [6.45, 7) is 6.99. The fourth-order valence-electron chi connectivity index (χ4n) is 10.3. The zero-order valence-corrected chi connectivity index (χ0v) is 59.5. The van der Waals surface area contributed by atoms with Crippen LogP contribution in [0, 0.1) is 5.92 Å². The molecule has 0 bridgehead atoms. The molecule has 0 saturated heterocycles. The third-order valence-electron chi connectivity index (χ3n) is 15.9. The monoisotopic (exact) mass is 1320 g/mol. The fourth-order valence-corrected chi connectivity index (χ4v) is 11.9. The molecule has 0 rings (SSSR count). The van der Waals surface area contributed by atoms with Crippen LogP contribution in [-0.4, -0.2) is 96.7 Å². The number of phosphoric ester groups is 2. The Morgan fingerprint density at radius 3 is 0.911 bits per heavy atom. The molecule has 90 heavy (non-hydrogen) atoms. The van der Waals surface area contributed by atoms with Gasteiger partial charge < -0.3 is 33.8 Å². The number of unbranched alkanes of at least 4 members (excludes halogenated alkanes) is 38. The second-order valence-corrected chi connectivity index (χ2v) is 28.3. The second kappa shape index (κ2) is 63.9. The van der Waals surface area contributed by atoms with Crippen LogP contribution in [0.5, 0.6) is 0 Å². The largest absolute Gasteiger partial charge is 0.472 e. The SMILES string of the molecule is CCCCCC/C=C\C=C/CCCCCCCC(=O)OC[C@H](COP(=O)(O)OC[C@@H](O)COP(=O)(O)OC[C@@H](COC(=O)CCCCCCC)OC(=O)CCCCCCCCC(C)C)OC(=O)CCCCCCCCCCCCCCCCCCCCCCC. The quantitative estimate of drug-likeness (QED) is 0.0169. The van der Waals surface area contributed by atoms with Crippen LogP contribution in [0.1, 0.15) is 343 Å². The van der Waals surface area contributed by atoms with Crippen molar-refractivity contribution in [3.05, 3.63) is 24.3 Å². The van der Waals surface area contributed by atoms with Crippen molar-refractivity contribution in [2.75, 3.05) is 39.6 Å². The average molecular weight is 1320 g/mol. The van der Waals surface area contributed by atoms with E-state index in [0.29, 0.717) is 31.6 Å². The molecule has 0 aromatic carbocycles. The van der Waals surface area contributed by atoms with Crippen molar-refractivity contribution >= 4 is 39.5 Å². The number of aliphatic hydroxyl groups excluding tert-OH is 1. The normalized spacial score (nSPS) is 14.2. The first kappa shape index (κ1) is 87.5. The van der Waals surface area contributed by atoms with Gasteiger partial charge in [0.15, 0.2) is 12.2 Å². The van der Waals surface area contributed by atoms with Crippen molar-refractivity contribution in [3.63, 3.8) is 0 Å². The van der Waals surface area contributed by atoms with Crippen molar-refractivity contribution in [2.24, 2.45) is 5.92 Å². The molecule has 0 heterocycles. The number of ether oxygens (including phenoxy) is 4. The topological polar surface area (TPSA) is 237 Å². The second-order valence-electron chi connectivity index (χ2n) is 25.4. The minimum Gasteiger partial charge on any atom is -0.462 e. The number of carbonyl (C=O) groups excluding carboxylic acids is 4. The van der Waals surface area contributed by atoms with Crippen LogP contribution >= 0.6 is 15.6 Å². The first-order valence-corrected chi connectivity index (χ1v) is 39.4. The van der Waals surface area contributed by atoms with E-state index >= 15 is 0 Å². The van der Waals surface area contributed by atoms with Crippen LogP contribution < -0.4 is 0 Å². The Bertz CT molecular complexity index is 1830. The number of phosphoric acid groups is 2. The van der Waals surface area contributed by atoms with Gasteiger partial charge in [-0.05, 0) is 57.3 Å². The summed E-state index contributed by atoms with van der Waals surface area (Å²) in [4.78, 5) is 72.2. The standard InChI is InChI=1S/C71H134O17P2/c1-6-9-12-15-17-19-21-23-25-26-27-28-29-30-32-34-36-38-40-46-51-56-70(75)87-67(61-82-69(74)55-50-45-39-37-35-33-31-24-22-20-18-16-13-10-7-2)63-86-90(79,80)84-59-65(72)58-83-89(77,78)85-62-66(60-81-68(73)54-49-43-14-11-8-3)88-71(76)57-52-47-42-41-44-48-53-64(4)5/h20,22,24,31,64-67,72H,6-19,21,23,25-30,32-63H2,1-5H3,(H,77,78)(H,79,80)/b22-20-,31-24-/t65-,66+,67+/m0/s1. The van der Waals surface area contributed by atoms with Gasteiger partial charge in [0, 0.05) is 25.7 Å². The van der Waals surface area contributed by atoms with Crippen molar-refractivity contribution in [3.8, 4) is 0 Å². The highest BCUT2D eigenvalue weighted by Crippen LogP contribution is 2.45. The molecule has 0 aliphatic carbocycles. The molecule has 17 nitrogen and oxygen atoms in total. The molecule has 0 fully saturated rings. The Labute approximate surface area is 548 Å². The summed E-state index contributed by atoms with van der Waals surface area (Å²) < 4.78 is 68.0. The van der Waals surface area contributed by atoms with Gasteiger partial charge in [0.2, 0.25) is 0 Å². The van der Waals surface area contributed by atoms with Crippen molar-refractivity contribution < 1.29 is 80.2 Å². The van der Waals surface area contributed by atoms with Crippen LogP contribution in [0.15, 0.2) is 24.3 Å². The molecule has 0 aliphatic rings. The highest BCUT2D eigenvalue weighted by Gasteiger charge is 2.30. The van der Waals surface area contributed by atoms with Crippen LogP contribution in [-0.2, 0) is 65.4 Å². The zero-order valence-electron chi connectivity index (χ0n) is 57.8. The Morgan fingerprint density at radius 2 is 0.600 bits per heavy atom. The molecule has 5 atom stereocenters. The number of esters is 4. The third-order valence-corrected chi connectivity index (χ3v) is 17.8. The lowest BCUT2D eigenvalue weighted by atomic mass is 10.0. The zero-order chi connectivity index (χ0) is 66.3. The van der Waals surface area contributed by atoms with Crippen LogP contribution in [0.3, 0.4) is 0 Å². The Hall–Kier alpha value is -2.46. The lowest BCUT2D eigenvalue weighted by Crippen LogP contribution is -2.30. The van der Waals surface area contributed by atoms with Gasteiger partial charge in [-0.1, -0.05) is 290 Å². The predicted molar refractivity (Wildman–Crippen MR) is 363 cm³/mol. The van der Waals surface area contributed by atoms with Crippen molar-refractivity contribution in [1.29, 1.82) is 0 Å². The first-order valence-electron chi connectivity index (χ1n) is 36.5. The van der Waals surface area contributed by atoms with Crippen LogP contribution in [0.25, 0.3) is 0 Å². The molecule has 19 heteroatoms. The molecule has 0 aliphatic heterocycles. The first-order chi connectivity index (χ1) is 43.5. The van der Waals surface area contributed by atoms with E-state index in [4.69, 9.17) is 37.0 Å². The third kappa shape index (κ3) is 64.3. The maximum atomic E-state index is 13.0. The molecule has 0 radical (unpaired) electrons. The van der Waals surface area contributed by atoms with Gasteiger partial charge >= 0.3 is 39.5 Å². The van der Waals surface area contributed by atoms with Crippen molar-refractivity contribution in [2.45, 2.75) is 361 Å². The molecule has 3 N–H and O–H groups in total. The number of carbonyl (C=O) groups is 4. The number of rotatable bonds is 69. The summed E-state index contributed by atoms with van der Waals surface area (Å²) >= 11 is 0. The molecule has 2 unspecified atom stereocenters. The molecule has 0 aromatic heterocycles. The Balaban J connectivity index is 5.14. The van der Waals surface area contributed by atoms with Gasteiger partial charge in [0.05, 0.1) is 26.4 Å². The highest BCUT2D eigenvalue weighted by atomic mass is 31.2. The minimum absolute atomic E-state index is 0.0991.